The normalized spacial score (nSPS) is 15.1. The molecule has 0 amide bonds. The second-order valence-corrected chi connectivity index (χ2v) is 9.08. The van der Waals surface area contributed by atoms with Crippen molar-refractivity contribution in [2.75, 3.05) is 33.3 Å². The smallest absolute Gasteiger partial charge is 0.241 e. The van der Waals surface area contributed by atoms with Crippen LogP contribution in [0.1, 0.15) is 37.1 Å². The Bertz CT molecular complexity index is 1220. The number of nitrogens with zero attached hydrogens (tertiary/aromatic N) is 6. The minimum atomic E-state index is 0.499. The SMILES string of the molecule is COc1ccc(-c2noc(CN3CCN(Cc4nc(-c5ccc(C(C)C)cc5)no4)CC3)n2)cc1. The van der Waals surface area contributed by atoms with Crippen molar-refractivity contribution in [3.63, 3.8) is 0 Å². The van der Waals surface area contributed by atoms with Crippen LogP contribution in [0.25, 0.3) is 22.8 Å². The molecule has 0 radical (unpaired) electrons. The van der Waals surface area contributed by atoms with E-state index in [-0.39, 0.29) is 0 Å². The van der Waals surface area contributed by atoms with E-state index in [2.05, 4.69) is 68.2 Å². The minimum Gasteiger partial charge on any atom is -0.497 e. The van der Waals surface area contributed by atoms with Gasteiger partial charge in [-0.3, -0.25) is 9.80 Å². The summed E-state index contributed by atoms with van der Waals surface area (Å²) in [6, 6.07) is 16.0. The molecule has 182 valence electrons. The average Bonchev–Trinajstić information content (AvgIpc) is 3.55. The molecule has 0 spiro atoms. The molecule has 9 heteroatoms. The van der Waals surface area contributed by atoms with Gasteiger partial charge in [-0.1, -0.05) is 48.4 Å². The fourth-order valence-electron chi connectivity index (χ4n) is 4.12. The molecule has 35 heavy (non-hydrogen) atoms. The van der Waals surface area contributed by atoms with Crippen molar-refractivity contribution in [2.24, 2.45) is 0 Å². The summed E-state index contributed by atoms with van der Waals surface area (Å²) in [4.78, 5) is 13.8. The summed E-state index contributed by atoms with van der Waals surface area (Å²) < 4.78 is 16.2. The first-order chi connectivity index (χ1) is 17.1. The Hall–Kier alpha value is -3.56. The van der Waals surface area contributed by atoms with E-state index in [1.807, 2.05) is 24.3 Å². The van der Waals surface area contributed by atoms with E-state index in [4.69, 9.17) is 13.8 Å². The Morgan fingerprint density at radius 3 is 1.63 bits per heavy atom. The van der Waals surface area contributed by atoms with Crippen LogP contribution in [0.5, 0.6) is 5.75 Å². The number of ether oxygens (including phenoxy) is 1. The zero-order chi connectivity index (χ0) is 24.2. The fourth-order valence-corrected chi connectivity index (χ4v) is 4.12. The molecule has 5 rings (SSSR count). The molecule has 0 saturated carbocycles. The highest BCUT2D eigenvalue weighted by Crippen LogP contribution is 2.22. The number of benzene rings is 2. The molecule has 0 unspecified atom stereocenters. The summed E-state index contributed by atoms with van der Waals surface area (Å²) in [5.74, 6) is 3.79. The van der Waals surface area contributed by atoms with Gasteiger partial charge in [-0.15, -0.1) is 0 Å². The first kappa shape index (κ1) is 23.2. The zero-order valence-corrected chi connectivity index (χ0v) is 20.3. The minimum absolute atomic E-state index is 0.499. The van der Waals surface area contributed by atoms with Crippen molar-refractivity contribution in [1.82, 2.24) is 30.1 Å². The molecular weight excluding hydrogens is 444 g/mol. The maximum absolute atomic E-state index is 5.52. The topological polar surface area (TPSA) is 93.6 Å². The van der Waals surface area contributed by atoms with Crippen LogP contribution in [-0.2, 0) is 13.1 Å². The summed E-state index contributed by atoms with van der Waals surface area (Å²) >= 11 is 0. The Kier molecular flexibility index (Phi) is 6.87. The molecule has 1 aliphatic heterocycles. The Labute approximate surface area is 204 Å². The lowest BCUT2D eigenvalue weighted by molar-refractivity contribution is 0.103. The van der Waals surface area contributed by atoms with Gasteiger partial charge in [-0.2, -0.15) is 9.97 Å². The van der Waals surface area contributed by atoms with Crippen LogP contribution in [0, 0.1) is 0 Å². The van der Waals surface area contributed by atoms with Crippen LogP contribution in [0.3, 0.4) is 0 Å². The highest BCUT2D eigenvalue weighted by atomic mass is 16.5. The standard InChI is InChI=1S/C26H30N6O3/c1-18(2)19-4-6-20(7-5-19)25-27-23(34-29-25)16-31-12-14-32(15-13-31)17-24-28-26(30-35-24)21-8-10-22(33-3)11-9-21/h4-11,18H,12-17H2,1-3H3. The van der Waals surface area contributed by atoms with Crippen LogP contribution in [0.2, 0.25) is 0 Å². The second-order valence-electron chi connectivity index (χ2n) is 9.08. The Morgan fingerprint density at radius 2 is 1.20 bits per heavy atom. The van der Waals surface area contributed by atoms with E-state index in [1.54, 1.807) is 7.11 Å². The Morgan fingerprint density at radius 1 is 0.743 bits per heavy atom. The van der Waals surface area contributed by atoms with Gasteiger partial charge in [-0.25, -0.2) is 0 Å². The number of hydrogen-bond donors (Lipinski definition) is 0. The highest BCUT2D eigenvalue weighted by molar-refractivity contribution is 5.56. The first-order valence-electron chi connectivity index (χ1n) is 11.9. The summed E-state index contributed by atoms with van der Waals surface area (Å²) in [5.41, 5.74) is 3.18. The molecule has 9 nitrogen and oxygen atoms in total. The number of hydrogen-bond acceptors (Lipinski definition) is 9. The van der Waals surface area contributed by atoms with Gasteiger partial charge in [0, 0.05) is 37.3 Å². The van der Waals surface area contributed by atoms with Crippen LogP contribution in [-0.4, -0.2) is 63.4 Å². The van der Waals surface area contributed by atoms with Crippen molar-refractivity contribution >= 4 is 0 Å². The van der Waals surface area contributed by atoms with Crippen LogP contribution >= 0.6 is 0 Å². The molecule has 0 N–H and O–H groups in total. The number of piperazine rings is 1. The Balaban J connectivity index is 1.11. The van der Waals surface area contributed by atoms with Crippen LogP contribution in [0.4, 0.5) is 0 Å². The monoisotopic (exact) mass is 474 g/mol. The molecule has 4 aromatic rings. The molecular formula is C26H30N6O3. The van der Waals surface area contributed by atoms with Crippen molar-refractivity contribution in [2.45, 2.75) is 32.9 Å². The third-order valence-corrected chi connectivity index (χ3v) is 6.30. The van der Waals surface area contributed by atoms with Gasteiger partial charge in [0.1, 0.15) is 5.75 Å². The first-order valence-corrected chi connectivity index (χ1v) is 11.9. The average molecular weight is 475 g/mol. The lowest BCUT2D eigenvalue weighted by Crippen LogP contribution is -2.45. The largest absolute Gasteiger partial charge is 0.497 e. The predicted molar refractivity (Wildman–Crippen MR) is 131 cm³/mol. The van der Waals surface area contributed by atoms with Crippen molar-refractivity contribution in [3.05, 3.63) is 65.9 Å². The van der Waals surface area contributed by atoms with Gasteiger partial charge >= 0.3 is 0 Å². The van der Waals surface area contributed by atoms with Gasteiger partial charge in [0.25, 0.3) is 0 Å². The molecule has 0 atom stereocenters. The summed E-state index contributed by atoms with van der Waals surface area (Å²) in [5, 5.41) is 8.30. The molecule has 3 heterocycles. The molecule has 1 fully saturated rings. The van der Waals surface area contributed by atoms with Gasteiger partial charge < -0.3 is 13.8 Å². The molecule has 0 bridgehead atoms. The van der Waals surface area contributed by atoms with Gasteiger partial charge in [-0.05, 0) is 35.7 Å². The van der Waals surface area contributed by atoms with Crippen LogP contribution in [0.15, 0.2) is 57.6 Å². The maximum atomic E-state index is 5.52. The summed E-state index contributed by atoms with van der Waals surface area (Å²) in [6.45, 7) is 9.25. The number of aromatic nitrogens is 4. The number of rotatable bonds is 8. The molecule has 2 aromatic heterocycles. The van der Waals surface area contributed by atoms with Gasteiger partial charge in [0.05, 0.1) is 20.2 Å². The van der Waals surface area contributed by atoms with E-state index in [0.717, 1.165) is 43.1 Å². The molecule has 1 aliphatic rings. The zero-order valence-electron chi connectivity index (χ0n) is 20.3. The fraction of sp³-hybridized carbons (Fsp3) is 0.385. The maximum Gasteiger partial charge on any atom is 0.241 e. The van der Waals surface area contributed by atoms with E-state index < -0.39 is 0 Å². The predicted octanol–water partition coefficient (Wildman–Crippen LogP) is 4.24. The van der Waals surface area contributed by atoms with E-state index in [9.17, 15) is 0 Å². The van der Waals surface area contributed by atoms with Gasteiger partial charge in [0.2, 0.25) is 23.4 Å². The lowest BCUT2D eigenvalue weighted by atomic mass is 10.0. The molecule has 1 saturated heterocycles. The number of methoxy groups -OCH3 is 1. The van der Waals surface area contributed by atoms with E-state index >= 15 is 0 Å². The van der Waals surface area contributed by atoms with E-state index in [1.165, 1.54) is 5.56 Å². The van der Waals surface area contributed by atoms with Crippen molar-refractivity contribution in [3.8, 4) is 28.5 Å². The molecule has 0 aliphatic carbocycles. The lowest BCUT2D eigenvalue weighted by Gasteiger charge is -2.32. The summed E-state index contributed by atoms with van der Waals surface area (Å²) in [7, 11) is 1.65. The third-order valence-electron chi connectivity index (χ3n) is 6.30. The molecule has 2 aromatic carbocycles. The van der Waals surface area contributed by atoms with Gasteiger partial charge in [0.15, 0.2) is 0 Å². The quantitative estimate of drug-likeness (QED) is 0.372. The van der Waals surface area contributed by atoms with E-state index in [0.29, 0.717) is 42.4 Å². The van der Waals surface area contributed by atoms with Crippen molar-refractivity contribution in [1.29, 1.82) is 0 Å². The third kappa shape index (κ3) is 5.58. The second kappa shape index (κ2) is 10.4. The highest BCUT2D eigenvalue weighted by Gasteiger charge is 2.21. The summed E-state index contributed by atoms with van der Waals surface area (Å²) in [6.07, 6.45) is 0. The van der Waals surface area contributed by atoms with Crippen LogP contribution < -0.4 is 4.74 Å². The van der Waals surface area contributed by atoms with Crippen molar-refractivity contribution < 1.29 is 13.8 Å².